The quantitative estimate of drug-likeness (QED) is 0.160. The largest absolute Gasteiger partial charge is 0.419 e. The normalized spacial score (nSPS) is 11.2. The fourth-order valence-electron chi connectivity index (χ4n) is 4.70. The fraction of sp³-hybridized carbons (Fsp3) is 0.0571. The molecule has 0 atom stereocenters. The standard InChI is InChI=1S/C35H28NO2S/c1-25-13-18-28(19-14-25)36(29-20-15-26(2)16-21-29)30-22-17-27-23-34(35(37)38-33(27)24-30)39(31-9-5-3-6-10-31)32-11-7-4-8-12-32/h3-24H,1-2H3/q+1. The lowest BCUT2D eigenvalue weighted by molar-refractivity contribution is 0.543. The number of benzene rings is 5. The summed E-state index contributed by atoms with van der Waals surface area (Å²) in [7, 11) is -0.577. The lowest BCUT2D eigenvalue weighted by Crippen LogP contribution is -2.15. The number of hydrogen-bond acceptors (Lipinski definition) is 3. The third-order valence-corrected chi connectivity index (χ3v) is 8.92. The molecule has 4 heteroatoms. The van der Waals surface area contributed by atoms with Crippen LogP contribution in [0.4, 0.5) is 17.1 Å². The summed E-state index contributed by atoms with van der Waals surface area (Å²) in [6.45, 7) is 4.17. The van der Waals surface area contributed by atoms with E-state index in [1.54, 1.807) is 0 Å². The van der Waals surface area contributed by atoms with Gasteiger partial charge >= 0.3 is 5.63 Å². The predicted octanol–water partition coefficient (Wildman–Crippen LogP) is 8.98. The molecular formula is C35H28NO2S+. The first-order chi connectivity index (χ1) is 19.1. The monoisotopic (exact) mass is 526 g/mol. The maximum absolute atomic E-state index is 13.5. The first-order valence-electron chi connectivity index (χ1n) is 12.9. The smallest absolute Gasteiger partial charge is 0.393 e. The summed E-state index contributed by atoms with van der Waals surface area (Å²) in [6.07, 6.45) is 0. The van der Waals surface area contributed by atoms with Crippen molar-refractivity contribution in [1.82, 2.24) is 0 Å². The van der Waals surface area contributed by atoms with Crippen LogP contribution in [0.3, 0.4) is 0 Å². The van der Waals surface area contributed by atoms with Gasteiger partial charge in [-0.05, 0) is 74.5 Å². The van der Waals surface area contributed by atoms with Gasteiger partial charge < -0.3 is 9.32 Å². The molecule has 0 saturated heterocycles. The average Bonchev–Trinajstić information content (AvgIpc) is 2.97. The van der Waals surface area contributed by atoms with Gasteiger partial charge in [0.05, 0.1) is 0 Å². The lowest BCUT2D eigenvalue weighted by atomic mass is 10.1. The molecule has 6 rings (SSSR count). The molecule has 0 aliphatic rings. The summed E-state index contributed by atoms with van der Waals surface area (Å²) in [5.41, 5.74) is 5.66. The topological polar surface area (TPSA) is 33.5 Å². The minimum Gasteiger partial charge on any atom is -0.419 e. The van der Waals surface area contributed by atoms with Gasteiger partial charge in [-0.3, -0.25) is 0 Å². The maximum atomic E-state index is 13.5. The second-order valence-electron chi connectivity index (χ2n) is 9.56. The molecule has 190 valence electrons. The Balaban J connectivity index is 1.48. The number of fused-ring (bicyclic) bond motifs is 1. The Morgan fingerprint density at radius 1 is 0.564 bits per heavy atom. The van der Waals surface area contributed by atoms with Gasteiger partial charge in [0.2, 0.25) is 0 Å². The van der Waals surface area contributed by atoms with Crippen LogP contribution in [0.2, 0.25) is 0 Å². The van der Waals surface area contributed by atoms with Gasteiger partial charge in [-0.1, -0.05) is 71.8 Å². The molecule has 0 unspecified atom stereocenters. The fourth-order valence-corrected chi connectivity index (χ4v) is 6.79. The SMILES string of the molecule is Cc1ccc(N(c2ccc(C)cc2)c2ccc3cc([S+](c4ccccc4)c4ccccc4)c(=O)oc3c2)cc1. The van der Waals surface area contributed by atoms with Crippen molar-refractivity contribution in [2.45, 2.75) is 28.5 Å². The zero-order valence-corrected chi connectivity index (χ0v) is 22.7. The van der Waals surface area contributed by atoms with Crippen molar-refractivity contribution < 1.29 is 4.42 Å². The third-order valence-electron chi connectivity index (χ3n) is 6.71. The van der Waals surface area contributed by atoms with Crippen LogP contribution in [0.25, 0.3) is 11.0 Å². The number of anilines is 3. The Morgan fingerprint density at radius 2 is 1.05 bits per heavy atom. The molecule has 0 bridgehead atoms. The second-order valence-corrected chi connectivity index (χ2v) is 11.6. The molecular weight excluding hydrogens is 498 g/mol. The van der Waals surface area contributed by atoms with Crippen LogP contribution in [-0.4, -0.2) is 0 Å². The van der Waals surface area contributed by atoms with Crippen LogP contribution in [0.15, 0.2) is 157 Å². The van der Waals surface area contributed by atoms with Crippen molar-refractivity contribution >= 4 is 38.9 Å². The van der Waals surface area contributed by atoms with Gasteiger partial charge in [0, 0.05) is 34.6 Å². The lowest BCUT2D eigenvalue weighted by Gasteiger charge is -2.25. The number of rotatable bonds is 6. The van der Waals surface area contributed by atoms with E-state index >= 15 is 0 Å². The Hall–Kier alpha value is -4.54. The molecule has 5 aromatic carbocycles. The van der Waals surface area contributed by atoms with Gasteiger partial charge in [0.1, 0.15) is 16.5 Å². The molecule has 1 heterocycles. The van der Waals surface area contributed by atoms with E-state index in [1.807, 2.05) is 54.6 Å². The van der Waals surface area contributed by atoms with Crippen molar-refractivity contribution in [3.8, 4) is 0 Å². The van der Waals surface area contributed by atoms with Gasteiger partial charge in [-0.25, -0.2) is 4.79 Å². The molecule has 0 amide bonds. The van der Waals surface area contributed by atoms with Crippen LogP contribution in [0, 0.1) is 13.8 Å². The maximum Gasteiger partial charge on any atom is 0.393 e. The highest BCUT2D eigenvalue weighted by Crippen LogP contribution is 2.37. The summed E-state index contributed by atoms with van der Waals surface area (Å²) in [5, 5.41) is 0.894. The Bertz CT molecular complexity index is 1690. The van der Waals surface area contributed by atoms with E-state index in [4.69, 9.17) is 4.42 Å². The predicted molar refractivity (Wildman–Crippen MR) is 162 cm³/mol. The molecule has 3 nitrogen and oxygen atoms in total. The minimum absolute atomic E-state index is 0.312. The highest BCUT2D eigenvalue weighted by Gasteiger charge is 2.33. The van der Waals surface area contributed by atoms with E-state index < -0.39 is 10.9 Å². The van der Waals surface area contributed by atoms with Crippen LogP contribution >= 0.6 is 0 Å². The number of aryl methyl sites for hydroxylation is 2. The highest BCUT2D eigenvalue weighted by molar-refractivity contribution is 7.97. The molecule has 0 fully saturated rings. The zero-order chi connectivity index (χ0) is 26.8. The molecule has 0 N–H and O–H groups in total. The van der Waals surface area contributed by atoms with Crippen LogP contribution < -0.4 is 10.5 Å². The Kier molecular flexibility index (Phi) is 6.78. The van der Waals surface area contributed by atoms with Crippen LogP contribution in [0.1, 0.15) is 11.1 Å². The Morgan fingerprint density at radius 3 is 1.56 bits per heavy atom. The molecule has 0 aliphatic heterocycles. The number of hydrogen-bond donors (Lipinski definition) is 0. The summed E-state index contributed by atoms with van der Waals surface area (Å²) in [6, 6.07) is 45.3. The zero-order valence-electron chi connectivity index (χ0n) is 21.9. The van der Waals surface area contributed by atoms with Crippen LogP contribution in [-0.2, 0) is 10.9 Å². The average molecular weight is 527 g/mol. The molecule has 1 aromatic heterocycles. The number of nitrogens with zero attached hydrogens (tertiary/aromatic N) is 1. The summed E-state index contributed by atoms with van der Waals surface area (Å²) < 4.78 is 6.04. The van der Waals surface area contributed by atoms with Crippen molar-refractivity contribution in [1.29, 1.82) is 0 Å². The van der Waals surface area contributed by atoms with Gasteiger partial charge in [-0.15, -0.1) is 0 Å². The molecule has 0 radical (unpaired) electrons. The summed E-state index contributed by atoms with van der Waals surface area (Å²) in [5.74, 6) is 0. The minimum atomic E-state index is -0.577. The summed E-state index contributed by atoms with van der Waals surface area (Å²) >= 11 is 0. The van der Waals surface area contributed by atoms with Gasteiger partial charge in [-0.2, -0.15) is 0 Å². The molecule has 0 aliphatic carbocycles. The highest BCUT2D eigenvalue weighted by atomic mass is 32.2. The van der Waals surface area contributed by atoms with Gasteiger partial charge in [0.15, 0.2) is 9.79 Å². The van der Waals surface area contributed by atoms with Crippen molar-refractivity contribution in [2.24, 2.45) is 0 Å². The van der Waals surface area contributed by atoms with E-state index in [0.717, 1.165) is 32.2 Å². The Labute approximate surface area is 231 Å². The molecule has 0 spiro atoms. The second kappa shape index (κ2) is 10.7. The van der Waals surface area contributed by atoms with Crippen molar-refractivity contribution in [3.63, 3.8) is 0 Å². The van der Waals surface area contributed by atoms with E-state index in [-0.39, 0.29) is 5.63 Å². The molecule has 6 aromatic rings. The van der Waals surface area contributed by atoms with Gasteiger partial charge in [0.25, 0.3) is 4.90 Å². The van der Waals surface area contributed by atoms with E-state index in [1.165, 1.54) is 11.1 Å². The molecule has 39 heavy (non-hydrogen) atoms. The van der Waals surface area contributed by atoms with Crippen molar-refractivity contribution in [2.75, 3.05) is 4.90 Å². The summed E-state index contributed by atoms with van der Waals surface area (Å²) in [4.78, 5) is 18.5. The van der Waals surface area contributed by atoms with E-state index in [2.05, 4.69) is 97.6 Å². The van der Waals surface area contributed by atoms with E-state index in [9.17, 15) is 4.79 Å². The first kappa shape index (κ1) is 24.8. The van der Waals surface area contributed by atoms with Crippen molar-refractivity contribution in [3.05, 3.63) is 155 Å². The first-order valence-corrected chi connectivity index (χ1v) is 14.1. The van der Waals surface area contributed by atoms with Crippen LogP contribution in [0.5, 0.6) is 0 Å². The van der Waals surface area contributed by atoms with E-state index in [0.29, 0.717) is 10.5 Å². The third kappa shape index (κ3) is 5.12. The molecule has 0 saturated carbocycles.